The number of hydrogen-bond acceptors (Lipinski definition) is 6. The predicted octanol–water partition coefficient (Wildman–Crippen LogP) is 1.38. The van der Waals surface area contributed by atoms with E-state index in [0.717, 1.165) is 29.4 Å². The summed E-state index contributed by atoms with van der Waals surface area (Å²) in [5.41, 5.74) is 7.35. The summed E-state index contributed by atoms with van der Waals surface area (Å²) in [4.78, 5) is 50.5. The molecule has 0 radical (unpaired) electrons. The van der Waals surface area contributed by atoms with Gasteiger partial charge in [-0.2, -0.15) is 0 Å². The van der Waals surface area contributed by atoms with Gasteiger partial charge in [-0.05, 0) is 48.8 Å². The van der Waals surface area contributed by atoms with Crippen LogP contribution in [0.1, 0.15) is 53.2 Å². The van der Waals surface area contributed by atoms with Crippen LogP contribution in [0.2, 0.25) is 0 Å². The maximum Gasteiger partial charge on any atom is 0.329 e. The zero-order valence-corrected chi connectivity index (χ0v) is 16.5. The van der Waals surface area contributed by atoms with Gasteiger partial charge in [0.05, 0.1) is 6.42 Å². The lowest BCUT2D eigenvalue weighted by Gasteiger charge is -2.16. The van der Waals surface area contributed by atoms with Crippen molar-refractivity contribution in [2.24, 2.45) is 0 Å². The van der Waals surface area contributed by atoms with Crippen molar-refractivity contribution in [1.29, 1.82) is 0 Å². The number of nitrogens with two attached hydrogens (primary N) is 1. The third-order valence-electron chi connectivity index (χ3n) is 5.09. The van der Waals surface area contributed by atoms with Gasteiger partial charge in [-0.25, -0.2) is 4.79 Å². The Balaban J connectivity index is 1.66. The first kappa shape index (κ1) is 20.6. The number of aryl methyl sites for hydroxylation is 2. The summed E-state index contributed by atoms with van der Waals surface area (Å²) in [6.07, 6.45) is 5.04. The number of aromatic nitrogens is 2. The summed E-state index contributed by atoms with van der Waals surface area (Å²) in [5, 5.41) is 0. The van der Waals surface area contributed by atoms with Gasteiger partial charge in [0.25, 0.3) is 5.56 Å². The lowest BCUT2D eigenvalue weighted by molar-refractivity contribution is -0.141. The number of nitrogens with zero attached hydrogens (tertiary/aromatic N) is 1. The summed E-state index contributed by atoms with van der Waals surface area (Å²) in [5.74, 6) is -1.52. The van der Waals surface area contributed by atoms with Crippen LogP contribution in [-0.4, -0.2) is 27.9 Å². The van der Waals surface area contributed by atoms with Crippen LogP contribution in [0, 0.1) is 0 Å². The Morgan fingerprint density at radius 2 is 1.90 bits per heavy atom. The molecule has 0 saturated heterocycles. The van der Waals surface area contributed by atoms with Crippen LogP contribution in [0.3, 0.4) is 0 Å². The average Bonchev–Trinajstić information content (AvgIpc) is 2.69. The van der Waals surface area contributed by atoms with E-state index in [9.17, 15) is 19.2 Å². The molecular weight excluding hydrogens is 374 g/mol. The van der Waals surface area contributed by atoms with Gasteiger partial charge in [-0.1, -0.05) is 25.1 Å². The number of carbonyl (C=O) groups excluding carboxylic acids is 2. The fourth-order valence-corrected chi connectivity index (χ4v) is 3.64. The molecule has 0 fully saturated rings. The lowest BCUT2D eigenvalue weighted by Crippen LogP contribution is -2.37. The van der Waals surface area contributed by atoms with Crippen molar-refractivity contribution >= 4 is 17.6 Å². The van der Waals surface area contributed by atoms with Gasteiger partial charge in [0, 0.05) is 6.54 Å². The maximum absolute atomic E-state index is 12.4. The van der Waals surface area contributed by atoms with Crippen LogP contribution < -0.4 is 17.0 Å². The number of anilines is 1. The number of nitrogens with one attached hydrogen (secondary N) is 1. The highest BCUT2D eigenvalue weighted by Gasteiger charge is 2.21. The highest BCUT2D eigenvalue weighted by atomic mass is 16.5. The number of fused-ring (bicyclic) bond motifs is 1. The molecule has 29 heavy (non-hydrogen) atoms. The molecular formula is C21H25N3O5. The van der Waals surface area contributed by atoms with Crippen LogP contribution in [0.15, 0.2) is 27.8 Å². The first-order valence-corrected chi connectivity index (χ1v) is 9.82. The quantitative estimate of drug-likeness (QED) is 0.535. The Morgan fingerprint density at radius 3 is 2.62 bits per heavy atom. The Labute approximate surface area is 167 Å². The van der Waals surface area contributed by atoms with Crippen molar-refractivity contribution < 1.29 is 14.3 Å². The molecule has 1 aliphatic carbocycles. The Kier molecular flexibility index (Phi) is 6.31. The third-order valence-corrected chi connectivity index (χ3v) is 5.09. The van der Waals surface area contributed by atoms with Crippen LogP contribution >= 0.6 is 0 Å². The molecule has 0 aliphatic heterocycles. The molecule has 0 amide bonds. The third kappa shape index (κ3) is 4.64. The summed E-state index contributed by atoms with van der Waals surface area (Å²) >= 11 is 0. The van der Waals surface area contributed by atoms with Crippen LogP contribution in [0.25, 0.3) is 0 Å². The van der Waals surface area contributed by atoms with Crippen molar-refractivity contribution in [2.45, 2.75) is 52.0 Å². The fourth-order valence-electron chi connectivity index (χ4n) is 3.64. The van der Waals surface area contributed by atoms with Crippen molar-refractivity contribution in [3.8, 4) is 0 Å². The smallest absolute Gasteiger partial charge is 0.329 e. The second-order valence-electron chi connectivity index (χ2n) is 7.24. The minimum Gasteiger partial charge on any atom is -0.457 e. The largest absolute Gasteiger partial charge is 0.457 e. The number of hydrogen-bond donors (Lipinski definition) is 2. The number of ether oxygens (including phenoxy) is 1. The van der Waals surface area contributed by atoms with E-state index in [1.54, 1.807) is 0 Å². The number of aromatic amines is 1. The molecule has 1 aliphatic rings. The van der Waals surface area contributed by atoms with E-state index < -0.39 is 29.6 Å². The molecule has 0 unspecified atom stereocenters. The van der Waals surface area contributed by atoms with Gasteiger partial charge in [0.2, 0.25) is 5.78 Å². The standard InChI is InChI=1S/C21H25N3O5/c1-2-9-24-19(22)18(20(27)23-21(24)28)16(25)12-29-17(26)11-13-7-8-14-5-3-4-6-15(14)10-13/h7-8,10H,2-6,9,11-12,22H2,1H3,(H,23,27,28). The predicted molar refractivity (Wildman–Crippen MR) is 108 cm³/mol. The highest BCUT2D eigenvalue weighted by Crippen LogP contribution is 2.22. The van der Waals surface area contributed by atoms with Crippen molar-refractivity contribution in [3.05, 3.63) is 61.3 Å². The van der Waals surface area contributed by atoms with Gasteiger partial charge >= 0.3 is 11.7 Å². The van der Waals surface area contributed by atoms with Gasteiger partial charge in [-0.15, -0.1) is 0 Å². The van der Waals surface area contributed by atoms with E-state index in [0.29, 0.717) is 6.42 Å². The number of Topliss-reactive ketones (excluding diaryl/α,β-unsaturated/α-hetero) is 1. The SMILES string of the molecule is CCCn1c(N)c(C(=O)COC(=O)Cc2ccc3c(c2)CCCC3)c(=O)[nH]c1=O. The second kappa shape index (κ2) is 8.89. The van der Waals surface area contributed by atoms with E-state index >= 15 is 0 Å². The van der Waals surface area contributed by atoms with Crippen molar-refractivity contribution in [1.82, 2.24) is 9.55 Å². The van der Waals surface area contributed by atoms with Gasteiger partial charge in [0.15, 0.2) is 6.61 Å². The monoisotopic (exact) mass is 399 g/mol. The number of carbonyl (C=O) groups is 2. The molecule has 1 aromatic carbocycles. The van der Waals surface area contributed by atoms with Gasteiger partial charge < -0.3 is 10.5 Å². The fraction of sp³-hybridized carbons (Fsp3) is 0.429. The molecule has 1 heterocycles. The Bertz CT molecular complexity index is 1050. The van der Waals surface area contributed by atoms with Crippen LogP contribution in [-0.2, 0) is 35.3 Å². The molecule has 0 atom stereocenters. The Morgan fingerprint density at radius 1 is 1.17 bits per heavy atom. The lowest BCUT2D eigenvalue weighted by atomic mass is 9.90. The maximum atomic E-state index is 12.4. The molecule has 1 aromatic heterocycles. The van der Waals surface area contributed by atoms with Gasteiger partial charge in [0.1, 0.15) is 11.4 Å². The molecule has 0 spiro atoms. The van der Waals surface area contributed by atoms with E-state index in [-0.39, 0.29) is 24.3 Å². The topological polar surface area (TPSA) is 124 Å². The number of ketones is 1. The Hall–Kier alpha value is -3.16. The zero-order valence-electron chi connectivity index (χ0n) is 16.5. The minimum absolute atomic E-state index is 0.0434. The average molecular weight is 399 g/mol. The molecule has 3 N–H and O–H groups in total. The summed E-state index contributed by atoms with van der Waals surface area (Å²) in [6.45, 7) is 1.49. The number of rotatable bonds is 7. The molecule has 2 aromatic rings. The van der Waals surface area contributed by atoms with E-state index in [2.05, 4.69) is 4.98 Å². The van der Waals surface area contributed by atoms with E-state index in [1.807, 2.05) is 25.1 Å². The second-order valence-corrected chi connectivity index (χ2v) is 7.24. The van der Waals surface area contributed by atoms with E-state index in [1.165, 1.54) is 17.5 Å². The molecule has 0 saturated carbocycles. The van der Waals surface area contributed by atoms with Crippen molar-refractivity contribution in [2.75, 3.05) is 12.3 Å². The first-order valence-electron chi connectivity index (χ1n) is 9.82. The first-order chi connectivity index (χ1) is 13.9. The number of esters is 1. The normalized spacial score (nSPS) is 13.0. The number of H-pyrrole nitrogens is 1. The summed E-state index contributed by atoms with van der Waals surface area (Å²) in [6, 6.07) is 5.96. The molecule has 154 valence electrons. The minimum atomic E-state index is -0.879. The summed E-state index contributed by atoms with van der Waals surface area (Å²) in [7, 11) is 0. The van der Waals surface area contributed by atoms with Gasteiger partial charge in [-0.3, -0.25) is 23.9 Å². The summed E-state index contributed by atoms with van der Waals surface area (Å²) < 4.78 is 6.19. The van der Waals surface area contributed by atoms with Crippen molar-refractivity contribution in [3.63, 3.8) is 0 Å². The molecule has 0 bridgehead atoms. The number of nitrogen functional groups attached to an aromatic ring is 1. The highest BCUT2D eigenvalue weighted by molar-refractivity contribution is 6.01. The van der Waals surface area contributed by atoms with Crippen LogP contribution in [0.5, 0.6) is 0 Å². The van der Waals surface area contributed by atoms with Crippen LogP contribution in [0.4, 0.5) is 5.82 Å². The zero-order chi connectivity index (χ0) is 21.0. The molecule has 8 heteroatoms. The van der Waals surface area contributed by atoms with E-state index in [4.69, 9.17) is 10.5 Å². The molecule has 3 rings (SSSR count). The number of benzene rings is 1. The molecule has 8 nitrogen and oxygen atoms in total.